The number of aryl methyl sites for hydroxylation is 1. The van der Waals surface area contributed by atoms with Crippen molar-refractivity contribution in [2.24, 2.45) is 0 Å². The van der Waals surface area contributed by atoms with Gasteiger partial charge in [0.1, 0.15) is 0 Å². The molecule has 16 heavy (non-hydrogen) atoms. The van der Waals surface area contributed by atoms with Gasteiger partial charge in [0.05, 0.1) is 0 Å². The van der Waals surface area contributed by atoms with Gasteiger partial charge < -0.3 is 5.32 Å². The zero-order chi connectivity index (χ0) is 12.0. The number of hydrogen-bond acceptors (Lipinski definition) is 1. The molecule has 2 heteroatoms. The van der Waals surface area contributed by atoms with E-state index >= 15 is 0 Å². The molecule has 0 saturated heterocycles. The van der Waals surface area contributed by atoms with Gasteiger partial charge >= 0.3 is 0 Å². The lowest BCUT2D eigenvalue weighted by atomic mass is 10.1. The summed E-state index contributed by atoms with van der Waals surface area (Å²) in [6.45, 7) is 6.09. The second kappa shape index (κ2) is 6.11. The van der Waals surface area contributed by atoms with Crippen molar-refractivity contribution in [3.8, 4) is 0 Å². The van der Waals surface area contributed by atoms with Gasteiger partial charge in [0, 0.05) is 12.1 Å². The van der Waals surface area contributed by atoms with Crippen LogP contribution in [0, 0.1) is 6.92 Å². The van der Waals surface area contributed by atoms with Crippen LogP contribution >= 0.6 is 0 Å². The van der Waals surface area contributed by atoms with Crippen LogP contribution in [0.2, 0.25) is 0 Å². The molecule has 0 aromatic heterocycles. The number of hydrogen-bond donors (Lipinski definition) is 1. The molecule has 1 N–H and O–H groups in total. The minimum absolute atomic E-state index is 0.0325. The molecule has 0 spiro atoms. The second-order valence-electron chi connectivity index (χ2n) is 4.06. The van der Waals surface area contributed by atoms with Crippen LogP contribution in [0.1, 0.15) is 31.4 Å². The number of rotatable bonds is 4. The Morgan fingerprint density at radius 3 is 2.56 bits per heavy atom. The van der Waals surface area contributed by atoms with E-state index in [0.29, 0.717) is 0 Å². The minimum atomic E-state index is -0.0325. The van der Waals surface area contributed by atoms with Gasteiger partial charge in [-0.05, 0) is 31.9 Å². The highest BCUT2D eigenvalue weighted by molar-refractivity contribution is 5.91. The number of carbonyl (C=O) groups is 1. The van der Waals surface area contributed by atoms with Crippen molar-refractivity contribution in [2.45, 2.75) is 33.2 Å². The van der Waals surface area contributed by atoms with E-state index in [9.17, 15) is 4.79 Å². The molecule has 0 bridgehead atoms. The molecular weight excluding hydrogens is 198 g/mol. The molecule has 0 heterocycles. The summed E-state index contributed by atoms with van der Waals surface area (Å²) in [6, 6.07) is 8.30. The number of carbonyl (C=O) groups excluding carboxylic acids is 1. The van der Waals surface area contributed by atoms with Crippen LogP contribution < -0.4 is 5.32 Å². The molecule has 0 radical (unpaired) electrons. The third kappa shape index (κ3) is 4.30. The molecule has 1 rings (SSSR count). The molecule has 1 aromatic rings. The van der Waals surface area contributed by atoms with Crippen LogP contribution in [0.5, 0.6) is 0 Å². The first-order valence-corrected chi connectivity index (χ1v) is 5.67. The van der Waals surface area contributed by atoms with Gasteiger partial charge in [-0.3, -0.25) is 4.79 Å². The van der Waals surface area contributed by atoms with E-state index in [1.165, 1.54) is 5.56 Å². The predicted molar refractivity (Wildman–Crippen MR) is 68.1 cm³/mol. The van der Waals surface area contributed by atoms with Crippen molar-refractivity contribution in [3.63, 3.8) is 0 Å². The minimum Gasteiger partial charge on any atom is -0.350 e. The Balaban J connectivity index is 2.53. The molecule has 0 aliphatic heterocycles. The molecule has 0 saturated carbocycles. The summed E-state index contributed by atoms with van der Waals surface area (Å²) in [4.78, 5) is 11.5. The molecule has 0 fully saturated rings. The van der Waals surface area contributed by atoms with Gasteiger partial charge in [-0.25, -0.2) is 0 Å². The van der Waals surface area contributed by atoms with Crippen LogP contribution in [0.15, 0.2) is 30.3 Å². The molecular formula is C14H19NO. The van der Waals surface area contributed by atoms with E-state index in [0.717, 1.165) is 12.0 Å². The highest BCUT2D eigenvalue weighted by Gasteiger charge is 2.00. The molecule has 1 atom stereocenters. The standard InChI is InChI=1S/C14H19NO/c1-4-12(3)15-14(16)10-9-13-7-5-11(2)6-8-13/h5-10,12H,4H2,1-3H3,(H,15,16)/b10-9+/t12-/m1/s1. The number of amides is 1. The summed E-state index contributed by atoms with van der Waals surface area (Å²) in [7, 11) is 0. The van der Waals surface area contributed by atoms with Crippen molar-refractivity contribution in [1.29, 1.82) is 0 Å². The van der Waals surface area contributed by atoms with Crippen LogP contribution in [0.3, 0.4) is 0 Å². The molecule has 1 aromatic carbocycles. The molecule has 0 aliphatic rings. The maximum Gasteiger partial charge on any atom is 0.244 e. The van der Waals surface area contributed by atoms with Crippen LogP contribution in [-0.2, 0) is 4.79 Å². The lowest BCUT2D eigenvalue weighted by Gasteiger charge is -2.08. The SMILES string of the molecule is CC[C@@H](C)NC(=O)/C=C/c1ccc(C)cc1. The lowest BCUT2D eigenvalue weighted by molar-refractivity contribution is -0.117. The van der Waals surface area contributed by atoms with Crippen molar-refractivity contribution in [2.75, 3.05) is 0 Å². The fraction of sp³-hybridized carbons (Fsp3) is 0.357. The van der Waals surface area contributed by atoms with Gasteiger partial charge in [-0.15, -0.1) is 0 Å². The Labute approximate surface area is 97.4 Å². The van der Waals surface area contributed by atoms with Crippen molar-refractivity contribution >= 4 is 12.0 Å². The fourth-order valence-electron chi connectivity index (χ4n) is 1.24. The maximum atomic E-state index is 11.5. The maximum absolute atomic E-state index is 11.5. The Bertz CT molecular complexity index is 365. The summed E-state index contributed by atoms with van der Waals surface area (Å²) in [5, 5.41) is 2.89. The normalized spacial score (nSPS) is 12.7. The van der Waals surface area contributed by atoms with Crippen molar-refractivity contribution in [1.82, 2.24) is 5.32 Å². The Kier molecular flexibility index (Phi) is 4.77. The quantitative estimate of drug-likeness (QED) is 0.772. The topological polar surface area (TPSA) is 29.1 Å². The lowest BCUT2D eigenvalue weighted by Crippen LogP contribution is -2.30. The summed E-state index contributed by atoms with van der Waals surface area (Å²) < 4.78 is 0. The average molecular weight is 217 g/mol. The number of benzene rings is 1. The summed E-state index contributed by atoms with van der Waals surface area (Å²) >= 11 is 0. The van der Waals surface area contributed by atoms with E-state index in [4.69, 9.17) is 0 Å². The first-order valence-electron chi connectivity index (χ1n) is 5.67. The largest absolute Gasteiger partial charge is 0.350 e. The van der Waals surface area contributed by atoms with Gasteiger partial charge in [0.15, 0.2) is 0 Å². The van der Waals surface area contributed by atoms with Gasteiger partial charge in [-0.2, -0.15) is 0 Å². The summed E-state index contributed by atoms with van der Waals surface area (Å²) in [5.74, 6) is -0.0325. The van der Waals surface area contributed by atoms with E-state index in [1.807, 2.05) is 44.2 Å². The first kappa shape index (κ1) is 12.5. The molecule has 2 nitrogen and oxygen atoms in total. The van der Waals surface area contributed by atoms with E-state index in [2.05, 4.69) is 12.2 Å². The van der Waals surface area contributed by atoms with E-state index in [-0.39, 0.29) is 11.9 Å². The van der Waals surface area contributed by atoms with E-state index in [1.54, 1.807) is 6.08 Å². The Hall–Kier alpha value is -1.57. The third-order valence-electron chi connectivity index (χ3n) is 2.51. The number of nitrogens with one attached hydrogen (secondary N) is 1. The summed E-state index contributed by atoms with van der Waals surface area (Å²) in [5.41, 5.74) is 2.27. The predicted octanol–water partition coefficient (Wildman–Crippen LogP) is 2.92. The Morgan fingerprint density at radius 2 is 2.00 bits per heavy atom. The highest BCUT2D eigenvalue weighted by atomic mass is 16.1. The molecule has 0 aliphatic carbocycles. The zero-order valence-electron chi connectivity index (χ0n) is 10.2. The monoisotopic (exact) mass is 217 g/mol. The van der Waals surface area contributed by atoms with Crippen molar-refractivity contribution in [3.05, 3.63) is 41.5 Å². The average Bonchev–Trinajstić information content (AvgIpc) is 2.28. The van der Waals surface area contributed by atoms with Crippen LogP contribution in [-0.4, -0.2) is 11.9 Å². The summed E-state index contributed by atoms with van der Waals surface area (Å²) in [6.07, 6.45) is 4.36. The van der Waals surface area contributed by atoms with Gasteiger partial charge in [0.2, 0.25) is 5.91 Å². The van der Waals surface area contributed by atoms with Crippen LogP contribution in [0.4, 0.5) is 0 Å². The van der Waals surface area contributed by atoms with Gasteiger partial charge in [0.25, 0.3) is 0 Å². The Morgan fingerprint density at radius 1 is 1.38 bits per heavy atom. The molecule has 0 unspecified atom stereocenters. The van der Waals surface area contributed by atoms with E-state index < -0.39 is 0 Å². The smallest absolute Gasteiger partial charge is 0.244 e. The fourth-order valence-corrected chi connectivity index (χ4v) is 1.24. The third-order valence-corrected chi connectivity index (χ3v) is 2.51. The first-order chi connectivity index (χ1) is 7.61. The second-order valence-corrected chi connectivity index (χ2v) is 4.06. The molecule has 86 valence electrons. The molecule has 1 amide bonds. The van der Waals surface area contributed by atoms with Crippen LogP contribution in [0.25, 0.3) is 6.08 Å². The van der Waals surface area contributed by atoms with Gasteiger partial charge in [-0.1, -0.05) is 36.8 Å². The van der Waals surface area contributed by atoms with Crippen molar-refractivity contribution < 1.29 is 4.79 Å². The highest BCUT2D eigenvalue weighted by Crippen LogP contribution is 2.04. The zero-order valence-corrected chi connectivity index (χ0v) is 10.2.